The van der Waals surface area contributed by atoms with Crippen LogP contribution in [0, 0.1) is 5.92 Å². The Morgan fingerprint density at radius 1 is 1.40 bits per heavy atom. The molecule has 0 aromatic heterocycles. The van der Waals surface area contributed by atoms with Gasteiger partial charge in [0.15, 0.2) is 9.84 Å². The molecular weight excluding hydrogens is 278 g/mol. The summed E-state index contributed by atoms with van der Waals surface area (Å²) in [5.74, 6) is -0.894. The number of benzene rings is 1. The molecule has 5 nitrogen and oxygen atoms in total. The molecule has 0 radical (unpaired) electrons. The zero-order valence-electron chi connectivity index (χ0n) is 11.6. The minimum absolute atomic E-state index is 0.00452. The van der Waals surface area contributed by atoms with Gasteiger partial charge in [-0.2, -0.15) is 0 Å². The Morgan fingerprint density at radius 2 is 2.05 bits per heavy atom. The summed E-state index contributed by atoms with van der Waals surface area (Å²) in [6.45, 7) is 4.04. The molecule has 110 valence electrons. The molecule has 1 fully saturated rings. The summed E-state index contributed by atoms with van der Waals surface area (Å²) in [6, 6.07) is 5.99. The molecule has 1 aromatic carbocycles. The standard InChI is InChI=1S/C14H19NO4S/c1-3-20(18,19)12-7-5-4-6-11(12)15-9-8-10(2)13(15)14(16)17/h4-7,10,13H,3,8-9H2,1-2H3,(H,16,17). The highest BCUT2D eigenvalue weighted by atomic mass is 32.2. The Kier molecular flexibility index (Phi) is 4.04. The number of carboxylic acids is 1. The van der Waals surface area contributed by atoms with Gasteiger partial charge in [0, 0.05) is 6.54 Å². The monoisotopic (exact) mass is 297 g/mol. The highest BCUT2D eigenvalue weighted by Gasteiger charge is 2.38. The van der Waals surface area contributed by atoms with Gasteiger partial charge in [0.1, 0.15) is 6.04 Å². The first-order valence-corrected chi connectivity index (χ1v) is 8.35. The Bertz CT molecular complexity index is 611. The second kappa shape index (κ2) is 5.44. The van der Waals surface area contributed by atoms with Crippen molar-refractivity contribution in [2.45, 2.75) is 31.2 Å². The van der Waals surface area contributed by atoms with Gasteiger partial charge >= 0.3 is 5.97 Å². The van der Waals surface area contributed by atoms with Gasteiger partial charge in [0.05, 0.1) is 16.3 Å². The second-order valence-corrected chi connectivity index (χ2v) is 7.36. The molecule has 0 saturated carbocycles. The molecule has 1 N–H and O–H groups in total. The number of carbonyl (C=O) groups is 1. The van der Waals surface area contributed by atoms with E-state index in [9.17, 15) is 18.3 Å². The molecule has 0 bridgehead atoms. The fourth-order valence-electron chi connectivity index (χ4n) is 2.71. The lowest BCUT2D eigenvalue weighted by Gasteiger charge is -2.27. The van der Waals surface area contributed by atoms with Crippen LogP contribution in [-0.2, 0) is 14.6 Å². The maximum atomic E-state index is 12.2. The number of hydrogen-bond acceptors (Lipinski definition) is 4. The summed E-state index contributed by atoms with van der Waals surface area (Å²) in [5.41, 5.74) is 0.506. The molecule has 20 heavy (non-hydrogen) atoms. The Balaban J connectivity index is 2.51. The third kappa shape index (κ3) is 2.52. The van der Waals surface area contributed by atoms with Crippen molar-refractivity contribution in [3.05, 3.63) is 24.3 Å². The van der Waals surface area contributed by atoms with Gasteiger partial charge in [-0.1, -0.05) is 26.0 Å². The number of aliphatic carboxylic acids is 1. The van der Waals surface area contributed by atoms with Crippen LogP contribution in [0.4, 0.5) is 5.69 Å². The number of anilines is 1. The van der Waals surface area contributed by atoms with Gasteiger partial charge in [-0.05, 0) is 24.5 Å². The number of para-hydroxylation sites is 1. The second-order valence-electron chi connectivity index (χ2n) is 5.11. The van der Waals surface area contributed by atoms with Gasteiger partial charge in [-0.15, -0.1) is 0 Å². The number of hydrogen-bond donors (Lipinski definition) is 1. The Hall–Kier alpha value is -1.56. The first-order valence-electron chi connectivity index (χ1n) is 6.69. The molecule has 6 heteroatoms. The molecule has 1 aliphatic rings. The number of nitrogens with zero attached hydrogens (tertiary/aromatic N) is 1. The average molecular weight is 297 g/mol. The van der Waals surface area contributed by atoms with Crippen molar-refractivity contribution in [3.63, 3.8) is 0 Å². The molecular formula is C14H19NO4S. The van der Waals surface area contributed by atoms with E-state index in [2.05, 4.69) is 0 Å². The summed E-state index contributed by atoms with van der Waals surface area (Å²) in [6.07, 6.45) is 0.747. The minimum atomic E-state index is -3.37. The van der Waals surface area contributed by atoms with E-state index in [-0.39, 0.29) is 16.6 Å². The van der Waals surface area contributed by atoms with E-state index in [1.54, 1.807) is 36.1 Å². The molecule has 2 atom stereocenters. The fourth-order valence-corrected chi connectivity index (χ4v) is 3.81. The zero-order chi connectivity index (χ0) is 14.9. The fraction of sp³-hybridized carbons (Fsp3) is 0.500. The quantitative estimate of drug-likeness (QED) is 0.917. The topological polar surface area (TPSA) is 74.7 Å². The van der Waals surface area contributed by atoms with Crippen molar-refractivity contribution in [1.29, 1.82) is 0 Å². The molecule has 2 unspecified atom stereocenters. The van der Waals surface area contributed by atoms with Gasteiger partial charge < -0.3 is 10.0 Å². The van der Waals surface area contributed by atoms with Crippen molar-refractivity contribution < 1.29 is 18.3 Å². The molecule has 0 amide bonds. The van der Waals surface area contributed by atoms with Gasteiger partial charge in [0.25, 0.3) is 0 Å². The van der Waals surface area contributed by atoms with Crippen molar-refractivity contribution in [2.75, 3.05) is 17.2 Å². The first-order chi connectivity index (χ1) is 9.38. The maximum Gasteiger partial charge on any atom is 0.326 e. The van der Waals surface area contributed by atoms with Crippen LogP contribution in [0.5, 0.6) is 0 Å². The van der Waals surface area contributed by atoms with E-state index in [4.69, 9.17) is 0 Å². The largest absolute Gasteiger partial charge is 0.480 e. The molecule has 1 heterocycles. The van der Waals surface area contributed by atoms with Crippen LogP contribution in [0.1, 0.15) is 20.3 Å². The van der Waals surface area contributed by atoms with E-state index in [1.165, 1.54) is 0 Å². The van der Waals surface area contributed by atoms with Crippen molar-refractivity contribution in [1.82, 2.24) is 0 Å². The lowest BCUT2D eigenvalue weighted by Crippen LogP contribution is -2.39. The summed E-state index contributed by atoms with van der Waals surface area (Å²) in [7, 11) is -3.37. The summed E-state index contributed by atoms with van der Waals surface area (Å²) in [4.78, 5) is 13.4. The minimum Gasteiger partial charge on any atom is -0.480 e. The van der Waals surface area contributed by atoms with Gasteiger partial charge in [-0.25, -0.2) is 13.2 Å². The third-order valence-corrected chi connectivity index (χ3v) is 5.62. The molecule has 0 aliphatic carbocycles. The summed E-state index contributed by atoms with van der Waals surface area (Å²) in [5, 5.41) is 9.38. The smallest absolute Gasteiger partial charge is 0.326 e. The summed E-state index contributed by atoms with van der Waals surface area (Å²) >= 11 is 0. The van der Waals surface area contributed by atoms with Gasteiger partial charge in [-0.3, -0.25) is 0 Å². The Labute approximate surface area is 119 Å². The van der Waals surface area contributed by atoms with E-state index in [1.807, 2.05) is 6.92 Å². The van der Waals surface area contributed by atoms with E-state index in [0.29, 0.717) is 12.2 Å². The van der Waals surface area contributed by atoms with Crippen LogP contribution < -0.4 is 4.90 Å². The lowest BCUT2D eigenvalue weighted by molar-refractivity contribution is -0.139. The molecule has 1 aromatic rings. The number of sulfone groups is 1. The van der Waals surface area contributed by atoms with Crippen LogP contribution in [0.3, 0.4) is 0 Å². The van der Waals surface area contributed by atoms with Crippen LogP contribution in [-0.4, -0.2) is 37.8 Å². The van der Waals surface area contributed by atoms with E-state index < -0.39 is 21.8 Å². The third-order valence-electron chi connectivity index (χ3n) is 3.84. The molecule has 0 spiro atoms. The molecule has 1 saturated heterocycles. The van der Waals surface area contributed by atoms with Crippen LogP contribution in [0.2, 0.25) is 0 Å². The van der Waals surface area contributed by atoms with Crippen molar-refractivity contribution >= 4 is 21.5 Å². The number of rotatable bonds is 4. The Morgan fingerprint density at radius 3 is 2.65 bits per heavy atom. The maximum absolute atomic E-state index is 12.2. The highest BCUT2D eigenvalue weighted by molar-refractivity contribution is 7.91. The number of carboxylic acid groups (broad SMARTS) is 1. The first kappa shape index (κ1) is 14.8. The van der Waals surface area contributed by atoms with Gasteiger partial charge in [0.2, 0.25) is 0 Å². The van der Waals surface area contributed by atoms with Crippen molar-refractivity contribution in [2.24, 2.45) is 5.92 Å². The van der Waals surface area contributed by atoms with E-state index >= 15 is 0 Å². The van der Waals surface area contributed by atoms with Crippen molar-refractivity contribution in [3.8, 4) is 0 Å². The average Bonchev–Trinajstić information content (AvgIpc) is 2.80. The summed E-state index contributed by atoms with van der Waals surface area (Å²) < 4.78 is 24.3. The zero-order valence-corrected chi connectivity index (χ0v) is 12.4. The molecule has 2 rings (SSSR count). The predicted molar refractivity (Wildman–Crippen MR) is 76.7 cm³/mol. The van der Waals surface area contributed by atoms with Crippen LogP contribution in [0.25, 0.3) is 0 Å². The normalized spacial score (nSPS) is 23.0. The lowest BCUT2D eigenvalue weighted by atomic mass is 10.0. The predicted octanol–water partition coefficient (Wildman–Crippen LogP) is 1.78. The van der Waals surface area contributed by atoms with Crippen LogP contribution in [0.15, 0.2) is 29.2 Å². The van der Waals surface area contributed by atoms with Crippen LogP contribution >= 0.6 is 0 Å². The SMILES string of the molecule is CCS(=O)(=O)c1ccccc1N1CCC(C)C1C(=O)O. The highest BCUT2D eigenvalue weighted by Crippen LogP contribution is 2.34. The van der Waals surface area contributed by atoms with E-state index in [0.717, 1.165) is 6.42 Å². The molecule has 1 aliphatic heterocycles.